The standard InChI is InChI=1S/C12H26N2O/c1-3-8-14(9-7-13)11-5-4-6-12(10-11)15-2/h11-12H,3-10,13H2,1-2H3. The molecule has 3 nitrogen and oxygen atoms in total. The van der Waals surface area contributed by atoms with Gasteiger partial charge in [0.05, 0.1) is 6.10 Å². The molecule has 2 atom stereocenters. The van der Waals surface area contributed by atoms with E-state index in [0.29, 0.717) is 12.1 Å². The minimum atomic E-state index is 0.473. The third-order valence-corrected chi connectivity index (χ3v) is 3.38. The van der Waals surface area contributed by atoms with E-state index in [-0.39, 0.29) is 0 Å². The van der Waals surface area contributed by atoms with Gasteiger partial charge in [-0.1, -0.05) is 6.92 Å². The van der Waals surface area contributed by atoms with Crippen molar-refractivity contribution in [3.63, 3.8) is 0 Å². The summed E-state index contributed by atoms with van der Waals surface area (Å²) in [5, 5.41) is 0. The molecule has 1 aliphatic carbocycles. The minimum Gasteiger partial charge on any atom is -0.381 e. The van der Waals surface area contributed by atoms with Gasteiger partial charge in [0.1, 0.15) is 0 Å². The number of nitrogens with zero attached hydrogens (tertiary/aromatic N) is 1. The Morgan fingerprint density at radius 3 is 2.73 bits per heavy atom. The van der Waals surface area contributed by atoms with Gasteiger partial charge in [0.25, 0.3) is 0 Å². The fourth-order valence-electron chi connectivity index (χ4n) is 2.60. The summed E-state index contributed by atoms with van der Waals surface area (Å²) in [6.07, 6.45) is 6.73. The van der Waals surface area contributed by atoms with Crippen LogP contribution >= 0.6 is 0 Å². The van der Waals surface area contributed by atoms with Gasteiger partial charge in [0.2, 0.25) is 0 Å². The molecule has 0 amide bonds. The summed E-state index contributed by atoms with van der Waals surface area (Å²) >= 11 is 0. The number of rotatable bonds is 6. The zero-order chi connectivity index (χ0) is 11.1. The molecule has 1 fully saturated rings. The lowest BCUT2D eigenvalue weighted by Gasteiger charge is -2.36. The van der Waals surface area contributed by atoms with Crippen LogP contribution in [0.4, 0.5) is 0 Å². The van der Waals surface area contributed by atoms with Crippen LogP contribution in [0.1, 0.15) is 39.0 Å². The lowest BCUT2D eigenvalue weighted by atomic mass is 9.91. The second kappa shape index (κ2) is 7.20. The molecule has 0 aromatic rings. The molecule has 15 heavy (non-hydrogen) atoms. The second-order valence-electron chi connectivity index (χ2n) is 4.50. The first kappa shape index (κ1) is 12.9. The Morgan fingerprint density at radius 2 is 2.13 bits per heavy atom. The molecule has 0 spiro atoms. The van der Waals surface area contributed by atoms with E-state index in [9.17, 15) is 0 Å². The molecule has 0 aromatic carbocycles. The summed E-state index contributed by atoms with van der Waals surface area (Å²) < 4.78 is 5.47. The zero-order valence-electron chi connectivity index (χ0n) is 10.2. The topological polar surface area (TPSA) is 38.5 Å². The van der Waals surface area contributed by atoms with Crippen molar-refractivity contribution in [1.29, 1.82) is 0 Å². The SMILES string of the molecule is CCCN(CCN)C1CCCC(OC)C1. The van der Waals surface area contributed by atoms with E-state index in [4.69, 9.17) is 10.5 Å². The highest BCUT2D eigenvalue weighted by atomic mass is 16.5. The number of ether oxygens (including phenoxy) is 1. The van der Waals surface area contributed by atoms with Crippen molar-refractivity contribution in [2.75, 3.05) is 26.7 Å². The number of hydrogen-bond acceptors (Lipinski definition) is 3. The molecule has 0 bridgehead atoms. The summed E-state index contributed by atoms with van der Waals surface area (Å²) in [4.78, 5) is 2.55. The molecule has 0 aromatic heterocycles. The maximum atomic E-state index is 5.66. The van der Waals surface area contributed by atoms with Crippen molar-refractivity contribution in [3.8, 4) is 0 Å². The number of nitrogens with two attached hydrogens (primary N) is 1. The van der Waals surface area contributed by atoms with E-state index in [1.54, 1.807) is 0 Å². The molecule has 1 rings (SSSR count). The Labute approximate surface area is 94.0 Å². The maximum Gasteiger partial charge on any atom is 0.0586 e. The van der Waals surface area contributed by atoms with Gasteiger partial charge in [-0.05, 0) is 38.6 Å². The first-order chi connectivity index (χ1) is 7.31. The Bertz CT molecular complexity index is 158. The van der Waals surface area contributed by atoms with Crippen molar-refractivity contribution >= 4 is 0 Å². The van der Waals surface area contributed by atoms with E-state index in [1.165, 1.54) is 38.6 Å². The Hall–Kier alpha value is -0.120. The Balaban J connectivity index is 2.42. The summed E-state index contributed by atoms with van der Waals surface area (Å²) in [6, 6.07) is 0.701. The van der Waals surface area contributed by atoms with Crippen LogP contribution in [0.25, 0.3) is 0 Å². The smallest absolute Gasteiger partial charge is 0.0586 e. The molecule has 1 saturated carbocycles. The van der Waals surface area contributed by atoms with Crippen LogP contribution in [-0.2, 0) is 4.74 Å². The molecule has 0 radical (unpaired) electrons. The zero-order valence-corrected chi connectivity index (χ0v) is 10.2. The van der Waals surface area contributed by atoms with Crippen molar-refractivity contribution < 1.29 is 4.74 Å². The average molecular weight is 214 g/mol. The largest absolute Gasteiger partial charge is 0.381 e. The lowest BCUT2D eigenvalue weighted by Crippen LogP contribution is -2.43. The highest BCUT2D eigenvalue weighted by Crippen LogP contribution is 2.24. The molecule has 0 heterocycles. The lowest BCUT2D eigenvalue weighted by molar-refractivity contribution is 0.0286. The molecule has 2 unspecified atom stereocenters. The fourth-order valence-corrected chi connectivity index (χ4v) is 2.60. The van der Waals surface area contributed by atoms with Crippen molar-refractivity contribution in [2.24, 2.45) is 5.73 Å². The molecule has 1 aliphatic rings. The van der Waals surface area contributed by atoms with Crippen molar-refractivity contribution in [1.82, 2.24) is 4.90 Å². The van der Waals surface area contributed by atoms with E-state index in [0.717, 1.165) is 13.1 Å². The first-order valence-electron chi connectivity index (χ1n) is 6.28. The quantitative estimate of drug-likeness (QED) is 0.730. The number of methoxy groups -OCH3 is 1. The van der Waals surface area contributed by atoms with Crippen LogP contribution < -0.4 is 5.73 Å². The number of hydrogen-bond donors (Lipinski definition) is 1. The maximum absolute atomic E-state index is 5.66. The molecule has 3 heteroatoms. The van der Waals surface area contributed by atoms with Crippen LogP contribution in [0.3, 0.4) is 0 Å². The summed E-state index contributed by atoms with van der Waals surface area (Å²) in [7, 11) is 1.83. The van der Waals surface area contributed by atoms with E-state index < -0.39 is 0 Å². The Morgan fingerprint density at radius 1 is 1.33 bits per heavy atom. The second-order valence-corrected chi connectivity index (χ2v) is 4.50. The van der Waals surface area contributed by atoms with Crippen LogP contribution in [0.5, 0.6) is 0 Å². The van der Waals surface area contributed by atoms with Gasteiger partial charge in [-0.25, -0.2) is 0 Å². The predicted octanol–water partition coefficient (Wildman–Crippen LogP) is 1.61. The fraction of sp³-hybridized carbons (Fsp3) is 1.00. The van der Waals surface area contributed by atoms with Gasteiger partial charge in [-0.15, -0.1) is 0 Å². The summed E-state index contributed by atoms with van der Waals surface area (Å²) in [6.45, 7) is 5.22. The third-order valence-electron chi connectivity index (χ3n) is 3.38. The molecular formula is C12H26N2O. The van der Waals surface area contributed by atoms with Gasteiger partial charge in [0, 0.05) is 26.2 Å². The highest BCUT2D eigenvalue weighted by Gasteiger charge is 2.25. The van der Waals surface area contributed by atoms with Crippen molar-refractivity contribution in [3.05, 3.63) is 0 Å². The van der Waals surface area contributed by atoms with Gasteiger partial charge < -0.3 is 10.5 Å². The van der Waals surface area contributed by atoms with Gasteiger partial charge >= 0.3 is 0 Å². The van der Waals surface area contributed by atoms with E-state index >= 15 is 0 Å². The normalized spacial score (nSPS) is 27.2. The molecule has 2 N–H and O–H groups in total. The molecule has 90 valence electrons. The summed E-state index contributed by atoms with van der Waals surface area (Å²) in [5.74, 6) is 0. The van der Waals surface area contributed by atoms with E-state index in [2.05, 4.69) is 11.8 Å². The first-order valence-corrected chi connectivity index (χ1v) is 6.28. The third kappa shape index (κ3) is 4.09. The van der Waals surface area contributed by atoms with Crippen LogP contribution in [0.2, 0.25) is 0 Å². The monoisotopic (exact) mass is 214 g/mol. The summed E-state index contributed by atoms with van der Waals surface area (Å²) in [5.41, 5.74) is 5.66. The average Bonchev–Trinajstić information content (AvgIpc) is 2.29. The van der Waals surface area contributed by atoms with Crippen molar-refractivity contribution in [2.45, 2.75) is 51.2 Å². The highest BCUT2D eigenvalue weighted by molar-refractivity contribution is 4.80. The Kier molecular flexibility index (Phi) is 6.22. The van der Waals surface area contributed by atoms with Crippen LogP contribution in [0, 0.1) is 0 Å². The van der Waals surface area contributed by atoms with Crippen LogP contribution in [0.15, 0.2) is 0 Å². The molecule has 0 aliphatic heterocycles. The molecular weight excluding hydrogens is 188 g/mol. The predicted molar refractivity (Wildman–Crippen MR) is 64.0 cm³/mol. The van der Waals surface area contributed by atoms with Crippen LogP contribution in [-0.4, -0.2) is 43.8 Å². The minimum absolute atomic E-state index is 0.473. The van der Waals surface area contributed by atoms with Gasteiger partial charge in [0.15, 0.2) is 0 Å². The van der Waals surface area contributed by atoms with E-state index in [1.807, 2.05) is 7.11 Å². The molecule has 0 saturated heterocycles. The van der Waals surface area contributed by atoms with Gasteiger partial charge in [-0.2, -0.15) is 0 Å². The van der Waals surface area contributed by atoms with Gasteiger partial charge in [-0.3, -0.25) is 4.90 Å².